The Morgan fingerprint density at radius 1 is 1.27 bits per heavy atom. The van der Waals surface area contributed by atoms with E-state index in [1.54, 1.807) is 9.58 Å². The highest BCUT2D eigenvalue weighted by Gasteiger charge is 2.29. The number of amides is 1. The van der Waals surface area contributed by atoms with Crippen LogP contribution >= 0.6 is 0 Å². The van der Waals surface area contributed by atoms with Crippen LogP contribution in [-0.4, -0.2) is 32.6 Å². The van der Waals surface area contributed by atoms with Crippen LogP contribution in [0.4, 0.5) is 0 Å². The lowest BCUT2D eigenvalue weighted by atomic mass is 10.1. The maximum atomic E-state index is 13.3. The number of fused-ring (bicyclic) bond motifs is 1. The molecule has 5 nitrogen and oxygen atoms in total. The first kappa shape index (κ1) is 16.8. The van der Waals surface area contributed by atoms with Crippen molar-refractivity contribution in [1.82, 2.24) is 19.7 Å². The second-order valence-electron chi connectivity index (χ2n) is 7.36. The van der Waals surface area contributed by atoms with Gasteiger partial charge in [-0.25, -0.2) is 4.98 Å². The summed E-state index contributed by atoms with van der Waals surface area (Å²) in [5.74, 6) is 0.515. The minimum atomic E-state index is 0.0265. The van der Waals surface area contributed by atoms with Crippen molar-refractivity contribution in [3.63, 3.8) is 0 Å². The monoisotopic (exact) mass is 348 g/mol. The molecule has 26 heavy (non-hydrogen) atoms. The molecule has 0 saturated heterocycles. The quantitative estimate of drug-likeness (QED) is 0.722. The first-order valence-electron chi connectivity index (χ1n) is 9.10. The highest BCUT2D eigenvalue weighted by molar-refractivity contribution is 6.06. The normalized spacial score (nSPS) is 14.0. The molecule has 0 radical (unpaired) electrons. The summed E-state index contributed by atoms with van der Waals surface area (Å²) >= 11 is 0. The molecule has 0 unspecified atom stereocenters. The van der Waals surface area contributed by atoms with E-state index in [-0.39, 0.29) is 5.91 Å². The lowest BCUT2D eigenvalue weighted by Gasteiger charge is -2.19. The van der Waals surface area contributed by atoms with Crippen LogP contribution in [0.15, 0.2) is 30.3 Å². The molecule has 5 heteroatoms. The molecule has 4 rings (SSSR count). The lowest BCUT2D eigenvalue weighted by Crippen LogP contribution is -2.27. The number of hydrogen-bond acceptors (Lipinski definition) is 3. The number of hydrogen-bond donors (Lipinski definition) is 0. The second-order valence-corrected chi connectivity index (χ2v) is 7.36. The van der Waals surface area contributed by atoms with Crippen LogP contribution in [0.2, 0.25) is 0 Å². The maximum Gasteiger partial charge on any atom is 0.254 e. The lowest BCUT2D eigenvalue weighted by molar-refractivity contribution is 0.0786. The standard InChI is InChI=1S/C21H24N4O/c1-13-7-5-6-8-16(13)12-24(3)21(26)17-11-18(15-9-10-15)22-20-19(17)14(2)23-25(20)4/h5-8,11,15H,9-10,12H2,1-4H3. The van der Waals surface area contributed by atoms with Crippen molar-refractivity contribution < 1.29 is 4.79 Å². The number of benzene rings is 1. The highest BCUT2D eigenvalue weighted by Crippen LogP contribution is 2.40. The Morgan fingerprint density at radius 2 is 2.00 bits per heavy atom. The third-order valence-electron chi connectivity index (χ3n) is 5.23. The van der Waals surface area contributed by atoms with Gasteiger partial charge in [0.05, 0.1) is 16.6 Å². The number of aromatic nitrogens is 3. The van der Waals surface area contributed by atoms with Crippen LogP contribution in [0.3, 0.4) is 0 Å². The molecule has 0 N–H and O–H groups in total. The van der Waals surface area contributed by atoms with Crippen molar-refractivity contribution in [3.05, 3.63) is 58.4 Å². The molecule has 0 atom stereocenters. The van der Waals surface area contributed by atoms with Gasteiger partial charge in [0.15, 0.2) is 5.65 Å². The van der Waals surface area contributed by atoms with Gasteiger partial charge in [-0.15, -0.1) is 0 Å². The number of aryl methyl sites for hydroxylation is 3. The van der Waals surface area contributed by atoms with Gasteiger partial charge in [0, 0.05) is 32.3 Å². The third kappa shape index (κ3) is 2.87. The molecular weight excluding hydrogens is 324 g/mol. The van der Waals surface area contributed by atoms with Gasteiger partial charge in [-0.2, -0.15) is 5.10 Å². The van der Waals surface area contributed by atoms with Gasteiger partial charge < -0.3 is 4.90 Å². The van der Waals surface area contributed by atoms with E-state index in [1.807, 2.05) is 39.2 Å². The molecule has 3 aromatic rings. The van der Waals surface area contributed by atoms with Gasteiger partial charge >= 0.3 is 0 Å². The third-order valence-corrected chi connectivity index (χ3v) is 5.23. The summed E-state index contributed by atoms with van der Waals surface area (Å²) in [6, 6.07) is 10.2. The molecular formula is C21H24N4O. The average molecular weight is 348 g/mol. The van der Waals surface area contributed by atoms with Crippen molar-refractivity contribution in [2.24, 2.45) is 7.05 Å². The van der Waals surface area contributed by atoms with Gasteiger partial charge in [-0.05, 0) is 43.9 Å². The van der Waals surface area contributed by atoms with Gasteiger partial charge in [-0.1, -0.05) is 24.3 Å². The van der Waals surface area contributed by atoms with E-state index in [9.17, 15) is 4.79 Å². The molecule has 134 valence electrons. The smallest absolute Gasteiger partial charge is 0.254 e. The fourth-order valence-electron chi connectivity index (χ4n) is 3.54. The predicted octanol–water partition coefficient (Wildman–Crippen LogP) is 3.73. The SMILES string of the molecule is Cc1ccccc1CN(C)C(=O)c1cc(C2CC2)nc2c1c(C)nn2C. The highest BCUT2D eigenvalue weighted by atomic mass is 16.2. The summed E-state index contributed by atoms with van der Waals surface area (Å²) in [7, 11) is 3.76. The van der Waals surface area contributed by atoms with Crippen molar-refractivity contribution in [2.75, 3.05) is 7.05 Å². The zero-order valence-corrected chi connectivity index (χ0v) is 15.8. The van der Waals surface area contributed by atoms with Crippen LogP contribution in [0.5, 0.6) is 0 Å². The van der Waals surface area contributed by atoms with Gasteiger partial charge in [0.2, 0.25) is 0 Å². The topological polar surface area (TPSA) is 51.0 Å². The molecule has 1 aliphatic carbocycles. The fraction of sp³-hybridized carbons (Fsp3) is 0.381. The van der Waals surface area contributed by atoms with Crippen molar-refractivity contribution in [2.45, 2.75) is 39.2 Å². The molecule has 1 fully saturated rings. The molecule has 2 heterocycles. The minimum Gasteiger partial charge on any atom is -0.337 e. The number of pyridine rings is 1. The van der Waals surface area contributed by atoms with E-state index in [0.29, 0.717) is 12.5 Å². The Kier molecular flexibility index (Phi) is 4.02. The van der Waals surface area contributed by atoms with E-state index in [0.717, 1.165) is 40.8 Å². The Labute approximate surface area is 153 Å². The first-order chi connectivity index (χ1) is 12.5. The number of carbonyl (C=O) groups excluding carboxylic acids is 1. The zero-order chi connectivity index (χ0) is 18.4. The van der Waals surface area contributed by atoms with Crippen LogP contribution in [0, 0.1) is 13.8 Å². The molecule has 0 aliphatic heterocycles. The van der Waals surface area contributed by atoms with E-state index < -0.39 is 0 Å². The maximum absolute atomic E-state index is 13.3. The van der Waals surface area contributed by atoms with Crippen molar-refractivity contribution in [3.8, 4) is 0 Å². The molecule has 2 aromatic heterocycles. The van der Waals surface area contributed by atoms with Gasteiger partial charge in [0.25, 0.3) is 5.91 Å². The van der Waals surface area contributed by atoms with Crippen LogP contribution < -0.4 is 0 Å². The van der Waals surface area contributed by atoms with E-state index >= 15 is 0 Å². The molecule has 1 saturated carbocycles. The van der Waals surface area contributed by atoms with Crippen molar-refractivity contribution in [1.29, 1.82) is 0 Å². The predicted molar refractivity (Wildman–Crippen MR) is 102 cm³/mol. The van der Waals surface area contributed by atoms with Gasteiger partial charge in [0.1, 0.15) is 0 Å². The molecule has 1 aliphatic rings. The summed E-state index contributed by atoms with van der Waals surface area (Å²) in [5, 5.41) is 5.37. The number of rotatable bonds is 4. The Hall–Kier alpha value is -2.69. The minimum absolute atomic E-state index is 0.0265. The Bertz CT molecular complexity index is 1000. The molecule has 0 bridgehead atoms. The van der Waals surface area contributed by atoms with E-state index in [4.69, 9.17) is 4.98 Å². The fourth-order valence-corrected chi connectivity index (χ4v) is 3.54. The summed E-state index contributed by atoms with van der Waals surface area (Å²) in [6.07, 6.45) is 2.31. The Balaban J connectivity index is 1.75. The first-order valence-corrected chi connectivity index (χ1v) is 9.10. The summed E-state index contributed by atoms with van der Waals surface area (Å²) < 4.78 is 1.79. The van der Waals surface area contributed by atoms with E-state index in [2.05, 4.69) is 24.2 Å². The molecule has 0 spiro atoms. The molecule has 1 aromatic carbocycles. The number of carbonyl (C=O) groups is 1. The van der Waals surface area contributed by atoms with E-state index in [1.165, 1.54) is 11.1 Å². The van der Waals surface area contributed by atoms with Crippen LogP contribution in [-0.2, 0) is 13.6 Å². The summed E-state index contributed by atoms with van der Waals surface area (Å²) in [6.45, 7) is 4.61. The second kappa shape index (κ2) is 6.24. The number of nitrogens with zero attached hydrogens (tertiary/aromatic N) is 4. The summed E-state index contributed by atoms with van der Waals surface area (Å²) in [5.41, 5.74) is 5.76. The summed E-state index contributed by atoms with van der Waals surface area (Å²) in [4.78, 5) is 19.9. The van der Waals surface area contributed by atoms with Gasteiger partial charge in [-0.3, -0.25) is 9.48 Å². The average Bonchev–Trinajstić information content (AvgIpc) is 3.42. The Morgan fingerprint density at radius 3 is 2.69 bits per heavy atom. The van der Waals surface area contributed by atoms with Crippen LogP contribution in [0.25, 0.3) is 11.0 Å². The van der Waals surface area contributed by atoms with Crippen LogP contribution in [0.1, 0.15) is 51.6 Å². The largest absolute Gasteiger partial charge is 0.337 e. The molecule has 1 amide bonds. The van der Waals surface area contributed by atoms with Crippen molar-refractivity contribution >= 4 is 16.9 Å². The zero-order valence-electron chi connectivity index (χ0n) is 15.8.